The van der Waals surface area contributed by atoms with Crippen molar-refractivity contribution in [3.05, 3.63) is 43.0 Å². The van der Waals surface area contributed by atoms with E-state index in [4.69, 9.17) is 11.8 Å². The molecule has 1 heterocycles. The first-order valence-electron chi connectivity index (χ1n) is 5.30. The smallest absolute Gasteiger partial charge is 0.241 e. The topological polar surface area (TPSA) is 38.1 Å². The van der Waals surface area contributed by atoms with E-state index in [9.17, 15) is 4.79 Å². The molecule has 2 aromatic rings. The standard InChI is InChI=1S/C12H12ClN3O/c1-2-12(17)16(13)11-6-4-3-5-10(11)15-8-7-14-9-15/h3-9H,2H2,1H3. The molecule has 0 saturated carbocycles. The molecule has 0 radical (unpaired) electrons. The van der Waals surface area contributed by atoms with Gasteiger partial charge in [-0.3, -0.25) is 4.79 Å². The molecule has 1 amide bonds. The quantitative estimate of drug-likeness (QED) is 0.785. The zero-order valence-corrected chi connectivity index (χ0v) is 10.1. The van der Waals surface area contributed by atoms with Crippen LogP contribution in [-0.2, 0) is 4.79 Å². The number of carbonyl (C=O) groups is 1. The molecule has 5 heteroatoms. The highest BCUT2D eigenvalue weighted by Crippen LogP contribution is 2.26. The van der Waals surface area contributed by atoms with E-state index in [0.29, 0.717) is 12.1 Å². The number of benzene rings is 1. The van der Waals surface area contributed by atoms with Crippen molar-refractivity contribution in [3.8, 4) is 5.69 Å². The largest absolute Gasteiger partial charge is 0.304 e. The molecule has 0 saturated heterocycles. The second-order valence-corrected chi connectivity index (χ2v) is 3.82. The van der Waals surface area contributed by atoms with Crippen molar-refractivity contribution in [1.82, 2.24) is 9.55 Å². The molecule has 17 heavy (non-hydrogen) atoms. The molecule has 0 aliphatic rings. The number of halogens is 1. The van der Waals surface area contributed by atoms with Crippen LogP contribution in [0.15, 0.2) is 43.0 Å². The fourth-order valence-electron chi connectivity index (χ4n) is 1.52. The molecule has 1 aromatic carbocycles. The van der Waals surface area contributed by atoms with Gasteiger partial charge in [0.25, 0.3) is 0 Å². The number of nitrogens with zero attached hydrogens (tertiary/aromatic N) is 3. The summed E-state index contributed by atoms with van der Waals surface area (Å²) < 4.78 is 2.96. The molecular weight excluding hydrogens is 238 g/mol. The molecule has 4 nitrogen and oxygen atoms in total. The number of hydrogen-bond acceptors (Lipinski definition) is 2. The maximum Gasteiger partial charge on any atom is 0.241 e. The summed E-state index contributed by atoms with van der Waals surface area (Å²) in [5, 5.41) is 0. The van der Waals surface area contributed by atoms with Crippen molar-refractivity contribution in [2.45, 2.75) is 13.3 Å². The van der Waals surface area contributed by atoms with E-state index in [-0.39, 0.29) is 5.91 Å². The average molecular weight is 250 g/mol. The van der Waals surface area contributed by atoms with Gasteiger partial charge in [0, 0.05) is 30.6 Å². The maximum absolute atomic E-state index is 11.6. The normalized spacial score (nSPS) is 10.2. The Morgan fingerprint density at radius 3 is 2.88 bits per heavy atom. The molecule has 1 aromatic heterocycles. The first kappa shape index (κ1) is 11.7. The number of para-hydroxylation sites is 2. The van der Waals surface area contributed by atoms with Crippen molar-refractivity contribution in [2.24, 2.45) is 0 Å². The Labute approximate surface area is 105 Å². The fourth-order valence-corrected chi connectivity index (χ4v) is 1.79. The van der Waals surface area contributed by atoms with Crippen LogP contribution in [0.2, 0.25) is 0 Å². The van der Waals surface area contributed by atoms with Crippen LogP contribution in [0.4, 0.5) is 5.69 Å². The van der Waals surface area contributed by atoms with Gasteiger partial charge >= 0.3 is 0 Å². The lowest BCUT2D eigenvalue weighted by Crippen LogP contribution is -2.20. The van der Waals surface area contributed by atoms with Crippen LogP contribution in [0.3, 0.4) is 0 Å². The van der Waals surface area contributed by atoms with E-state index in [1.807, 2.05) is 22.8 Å². The monoisotopic (exact) mass is 249 g/mol. The van der Waals surface area contributed by atoms with Gasteiger partial charge in [-0.25, -0.2) is 9.40 Å². The number of carbonyl (C=O) groups excluding carboxylic acids is 1. The van der Waals surface area contributed by atoms with Gasteiger partial charge in [-0.2, -0.15) is 0 Å². The predicted octanol–water partition coefficient (Wildman–Crippen LogP) is 2.77. The van der Waals surface area contributed by atoms with Gasteiger partial charge in [0.1, 0.15) is 0 Å². The first-order chi connectivity index (χ1) is 8.24. The summed E-state index contributed by atoms with van der Waals surface area (Å²) >= 11 is 6.03. The Balaban J connectivity index is 2.44. The van der Waals surface area contributed by atoms with E-state index in [1.165, 1.54) is 0 Å². The van der Waals surface area contributed by atoms with Crippen molar-refractivity contribution >= 4 is 23.4 Å². The summed E-state index contributed by atoms with van der Waals surface area (Å²) in [7, 11) is 0. The molecule has 0 aliphatic carbocycles. The molecule has 0 N–H and O–H groups in total. The lowest BCUT2D eigenvalue weighted by Gasteiger charge is -2.17. The highest BCUT2D eigenvalue weighted by molar-refractivity contribution is 6.37. The van der Waals surface area contributed by atoms with Crippen molar-refractivity contribution in [1.29, 1.82) is 0 Å². The van der Waals surface area contributed by atoms with Crippen LogP contribution in [0, 0.1) is 0 Å². The highest BCUT2D eigenvalue weighted by Gasteiger charge is 2.15. The highest BCUT2D eigenvalue weighted by atomic mass is 35.5. The summed E-state index contributed by atoms with van der Waals surface area (Å²) in [6.45, 7) is 1.78. The Kier molecular flexibility index (Phi) is 3.44. The molecule has 0 unspecified atom stereocenters. The third kappa shape index (κ3) is 2.31. The number of amides is 1. The lowest BCUT2D eigenvalue weighted by atomic mass is 10.2. The van der Waals surface area contributed by atoms with Crippen LogP contribution in [0.5, 0.6) is 0 Å². The van der Waals surface area contributed by atoms with E-state index in [2.05, 4.69) is 4.98 Å². The van der Waals surface area contributed by atoms with E-state index in [0.717, 1.165) is 10.1 Å². The Morgan fingerprint density at radius 2 is 2.24 bits per heavy atom. The summed E-state index contributed by atoms with van der Waals surface area (Å²) in [6, 6.07) is 7.42. The van der Waals surface area contributed by atoms with Gasteiger partial charge < -0.3 is 4.57 Å². The number of hydrogen-bond donors (Lipinski definition) is 0. The zero-order valence-electron chi connectivity index (χ0n) is 9.38. The van der Waals surface area contributed by atoms with Crippen LogP contribution in [0.25, 0.3) is 5.69 Å². The molecular formula is C12H12ClN3O. The number of aromatic nitrogens is 2. The van der Waals surface area contributed by atoms with Gasteiger partial charge in [-0.1, -0.05) is 19.1 Å². The SMILES string of the molecule is CCC(=O)N(Cl)c1ccccc1-n1ccnc1. The van der Waals surface area contributed by atoms with Crippen molar-refractivity contribution in [3.63, 3.8) is 0 Å². The number of imidazole rings is 1. The minimum absolute atomic E-state index is 0.140. The van der Waals surface area contributed by atoms with E-state index < -0.39 is 0 Å². The van der Waals surface area contributed by atoms with E-state index >= 15 is 0 Å². The Bertz CT molecular complexity index is 510. The van der Waals surface area contributed by atoms with Gasteiger partial charge in [-0.05, 0) is 12.1 Å². The third-order valence-corrected chi connectivity index (χ3v) is 2.77. The lowest BCUT2D eigenvalue weighted by molar-refractivity contribution is -0.117. The van der Waals surface area contributed by atoms with Gasteiger partial charge in [0.15, 0.2) is 0 Å². The maximum atomic E-state index is 11.6. The minimum Gasteiger partial charge on any atom is -0.304 e. The molecule has 2 rings (SSSR count). The second-order valence-electron chi connectivity index (χ2n) is 3.49. The predicted molar refractivity (Wildman–Crippen MR) is 67.2 cm³/mol. The summed E-state index contributed by atoms with van der Waals surface area (Å²) in [4.78, 5) is 15.6. The van der Waals surface area contributed by atoms with Gasteiger partial charge in [-0.15, -0.1) is 0 Å². The molecule has 0 bridgehead atoms. The fraction of sp³-hybridized carbons (Fsp3) is 0.167. The molecule has 0 fully saturated rings. The zero-order chi connectivity index (χ0) is 12.3. The molecule has 88 valence electrons. The van der Waals surface area contributed by atoms with E-state index in [1.54, 1.807) is 31.7 Å². The van der Waals surface area contributed by atoms with Crippen LogP contribution >= 0.6 is 11.8 Å². The third-order valence-electron chi connectivity index (χ3n) is 2.40. The molecule has 0 aliphatic heterocycles. The second kappa shape index (κ2) is 5.01. The van der Waals surface area contributed by atoms with Crippen molar-refractivity contribution in [2.75, 3.05) is 4.42 Å². The van der Waals surface area contributed by atoms with Crippen molar-refractivity contribution < 1.29 is 4.79 Å². The van der Waals surface area contributed by atoms with Gasteiger partial charge in [0.05, 0.1) is 17.7 Å². The Morgan fingerprint density at radius 1 is 1.47 bits per heavy atom. The summed E-state index contributed by atoms with van der Waals surface area (Å²) in [5.74, 6) is -0.140. The Hall–Kier alpha value is -1.81. The summed E-state index contributed by atoms with van der Waals surface area (Å²) in [6.07, 6.45) is 5.51. The first-order valence-corrected chi connectivity index (χ1v) is 5.64. The average Bonchev–Trinajstić information content (AvgIpc) is 2.90. The number of anilines is 1. The minimum atomic E-state index is -0.140. The number of rotatable bonds is 3. The molecule has 0 atom stereocenters. The summed E-state index contributed by atoms with van der Waals surface area (Å²) in [5.41, 5.74) is 1.47. The van der Waals surface area contributed by atoms with Crippen LogP contribution in [0.1, 0.15) is 13.3 Å². The van der Waals surface area contributed by atoms with Crippen LogP contribution in [-0.4, -0.2) is 15.5 Å². The van der Waals surface area contributed by atoms with Gasteiger partial charge in [0.2, 0.25) is 5.91 Å². The van der Waals surface area contributed by atoms with Crippen LogP contribution < -0.4 is 4.42 Å². The molecule has 0 spiro atoms.